The van der Waals surface area contributed by atoms with Crippen LogP contribution in [-0.2, 0) is 27.7 Å². The number of hydrogen-bond acceptors (Lipinski definition) is 8. The topological polar surface area (TPSA) is 128 Å². The number of carbonyl (C=O) groups is 1. The number of anilines is 2. The van der Waals surface area contributed by atoms with Crippen molar-refractivity contribution in [2.75, 3.05) is 16.9 Å². The fraction of sp³-hybridized carbons (Fsp3) is 0.286. The second kappa shape index (κ2) is 9.14. The summed E-state index contributed by atoms with van der Waals surface area (Å²) in [6.45, 7) is 2.51. The van der Waals surface area contributed by atoms with Crippen LogP contribution in [0.15, 0.2) is 59.9 Å². The quantitative estimate of drug-likeness (QED) is 0.391. The van der Waals surface area contributed by atoms with Crippen molar-refractivity contribution in [1.82, 2.24) is 15.0 Å². The first kappa shape index (κ1) is 24.4. The largest absolute Gasteiger partial charge is 0.383 e. The molecule has 10 heteroatoms. The van der Waals surface area contributed by atoms with E-state index < -0.39 is 9.84 Å². The second-order valence-electron chi connectivity index (χ2n) is 9.93. The average Bonchev–Trinajstić information content (AvgIpc) is 3.68. The van der Waals surface area contributed by atoms with E-state index in [0.29, 0.717) is 29.4 Å². The van der Waals surface area contributed by atoms with Crippen LogP contribution >= 0.6 is 0 Å². The van der Waals surface area contributed by atoms with Crippen LogP contribution in [0.5, 0.6) is 0 Å². The number of nitrogens with zero attached hydrogens (tertiary/aromatic N) is 4. The van der Waals surface area contributed by atoms with Gasteiger partial charge in [0.1, 0.15) is 5.82 Å². The number of carbonyl (C=O) groups excluding carboxylic acids is 1. The highest BCUT2D eigenvalue weighted by Gasteiger charge is 2.29. The fourth-order valence-electron chi connectivity index (χ4n) is 5.04. The minimum atomic E-state index is -3.71. The molecule has 1 unspecified atom stereocenters. The number of benzene rings is 1. The monoisotopic (exact) mass is 529 g/mol. The normalized spacial score (nSPS) is 16.9. The van der Waals surface area contributed by atoms with Crippen LogP contribution in [-0.4, -0.2) is 35.5 Å². The summed E-state index contributed by atoms with van der Waals surface area (Å²) < 4.78 is 31.0. The van der Waals surface area contributed by atoms with E-state index in [2.05, 4.69) is 15.0 Å². The lowest BCUT2D eigenvalue weighted by atomic mass is 10.0. The van der Waals surface area contributed by atoms with Crippen molar-refractivity contribution < 1.29 is 17.9 Å². The van der Waals surface area contributed by atoms with Crippen LogP contribution in [0, 0.1) is 0 Å². The number of aromatic nitrogens is 3. The highest BCUT2D eigenvalue weighted by Crippen LogP contribution is 2.39. The van der Waals surface area contributed by atoms with Crippen LogP contribution in [0.1, 0.15) is 64.5 Å². The number of nitrogens with two attached hydrogens (primary N) is 1. The lowest BCUT2D eigenvalue weighted by molar-refractivity contribution is 0.0801. The van der Waals surface area contributed by atoms with Crippen LogP contribution in [0.25, 0.3) is 10.9 Å². The van der Waals surface area contributed by atoms with Crippen molar-refractivity contribution in [2.45, 2.75) is 50.0 Å². The first-order chi connectivity index (χ1) is 18.2. The zero-order valence-electron chi connectivity index (χ0n) is 21.1. The summed E-state index contributed by atoms with van der Waals surface area (Å²) in [4.78, 5) is 28.5. The van der Waals surface area contributed by atoms with E-state index in [0.717, 1.165) is 46.9 Å². The first-order valence-electron chi connectivity index (χ1n) is 12.5. The summed E-state index contributed by atoms with van der Waals surface area (Å²) in [6.07, 6.45) is 6.14. The molecule has 1 amide bonds. The van der Waals surface area contributed by atoms with Crippen LogP contribution < -0.4 is 10.6 Å². The Labute approximate surface area is 220 Å². The van der Waals surface area contributed by atoms with Crippen molar-refractivity contribution in [3.8, 4) is 0 Å². The molecule has 1 fully saturated rings. The minimum absolute atomic E-state index is 0.0962. The Balaban J connectivity index is 1.42. The third-order valence-corrected chi connectivity index (χ3v) is 8.14. The Kier molecular flexibility index (Phi) is 5.88. The molecule has 9 nitrogen and oxygen atoms in total. The molecular formula is C28H27N5O4S. The Morgan fingerprint density at radius 2 is 1.97 bits per heavy atom. The zero-order valence-corrected chi connectivity index (χ0v) is 21.9. The van der Waals surface area contributed by atoms with Crippen molar-refractivity contribution in [3.63, 3.8) is 0 Å². The highest BCUT2D eigenvalue weighted by atomic mass is 32.2. The highest BCUT2D eigenvalue weighted by molar-refractivity contribution is 7.90. The van der Waals surface area contributed by atoms with Crippen molar-refractivity contribution in [2.24, 2.45) is 0 Å². The average molecular weight is 530 g/mol. The smallest absolute Gasteiger partial charge is 0.260 e. The van der Waals surface area contributed by atoms with E-state index in [-0.39, 0.29) is 29.3 Å². The predicted molar refractivity (Wildman–Crippen MR) is 143 cm³/mol. The number of ether oxygens (including phenoxy) is 1. The first-order valence-corrected chi connectivity index (χ1v) is 14.3. The van der Waals surface area contributed by atoms with Crippen LogP contribution in [0.2, 0.25) is 0 Å². The fourth-order valence-corrected chi connectivity index (χ4v) is 5.85. The van der Waals surface area contributed by atoms with Gasteiger partial charge in [0.05, 0.1) is 36.0 Å². The van der Waals surface area contributed by atoms with Gasteiger partial charge in [-0.15, -0.1) is 0 Å². The zero-order chi connectivity index (χ0) is 26.6. The van der Waals surface area contributed by atoms with Gasteiger partial charge in [0, 0.05) is 41.2 Å². The second-order valence-corrected chi connectivity index (χ2v) is 11.9. The Hall–Kier alpha value is -3.89. The maximum Gasteiger partial charge on any atom is 0.260 e. The predicted octanol–water partition coefficient (Wildman–Crippen LogP) is 4.33. The Morgan fingerprint density at radius 3 is 2.68 bits per heavy atom. The van der Waals surface area contributed by atoms with E-state index in [4.69, 9.17) is 10.5 Å². The Morgan fingerprint density at radius 1 is 1.16 bits per heavy atom. The molecule has 1 aliphatic heterocycles. The molecule has 0 spiro atoms. The van der Waals surface area contributed by atoms with Gasteiger partial charge in [-0.2, -0.15) is 0 Å². The number of fused-ring (bicyclic) bond motifs is 3. The summed E-state index contributed by atoms with van der Waals surface area (Å²) in [5, 5.41) is 0.779. The third-order valence-electron chi connectivity index (χ3n) is 7.12. The van der Waals surface area contributed by atoms with Gasteiger partial charge in [-0.1, -0.05) is 12.1 Å². The van der Waals surface area contributed by atoms with Crippen LogP contribution in [0.4, 0.5) is 11.5 Å². The molecule has 1 aliphatic carbocycles. The van der Waals surface area contributed by atoms with Gasteiger partial charge in [0.15, 0.2) is 14.9 Å². The molecule has 38 heavy (non-hydrogen) atoms. The van der Waals surface area contributed by atoms with Gasteiger partial charge in [-0.05, 0) is 61.2 Å². The number of sulfone groups is 1. The van der Waals surface area contributed by atoms with Gasteiger partial charge in [-0.3, -0.25) is 9.78 Å². The van der Waals surface area contributed by atoms with E-state index in [1.54, 1.807) is 24.4 Å². The Bertz CT molecular complexity index is 1680. The van der Waals surface area contributed by atoms with Crippen molar-refractivity contribution >= 4 is 38.2 Å². The van der Waals surface area contributed by atoms with Gasteiger partial charge in [-0.25, -0.2) is 18.4 Å². The molecule has 1 atom stereocenters. The molecule has 194 valence electrons. The number of hydrogen-bond donors (Lipinski definition) is 1. The number of rotatable bonds is 6. The molecule has 4 heterocycles. The molecule has 0 bridgehead atoms. The lowest BCUT2D eigenvalue weighted by Gasteiger charge is -2.25. The molecular weight excluding hydrogens is 502 g/mol. The number of nitrogen functional groups attached to an aromatic ring is 1. The van der Waals surface area contributed by atoms with Gasteiger partial charge < -0.3 is 15.4 Å². The SMILES string of the molecule is CC1OCc2c1c(N)nc1cc(CN(C(=O)c3ccc(C4CC4)nc3)c3cccnc3S(C)(=O)=O)ccc21. The molecule has 0 radical (unpaired) electrons. The van der Waals surface area contributed by atoms with Gasteiger partial charge >= 0.3 is 0 Å². The lowest BCUT2D eigenvalue weighted by Crippen LogP contribution is -2.32. The van der Waals surface area contributed by atoms with Crippen molar-refractivity contribution in [3.05, 3.63) is 82.8 Å². The number of pyridine rings is 3. The number of amides is 1. The van der Waals surface area contributed by atoms with E-state index in [9.17, 15) is 13.2 Å². The molecule has 4 aromatic rings. The molecule has 3 aromatic heterocycles. The minimum Gasteiger partial charge on any atom is -0.383 e. The molecule has 1 aromatic carbocycles. The molecule has 2 N–H and O–H groups in total. The maximum atomic E-state index is 13.8. The standard InChI is InChI=1S/C28H27N5O4S/c1-16-25-21(15-37-16)20-9-5-17(12-23(20)32-26(25)29)14-33(24-4-3-11-30-27(24)38(2,35)36)28(34)19-8-10-22(31-13-19)18-6-7-18/h3-5,8-13,16,18H,6-7,14-15H2,1-2H3,(H2,29,32). The summed E-state index contributed by atoms with van der Waals surface area (Å²) in [5.74, 6) is 0.510. The molecule has 1 saturated carbocycles. The van der Waals surface area contributed by atoms with E-state index in [1.165, 1.54) is 11.1 Å². The molecule has 6 rings (SSSR count). The van der Waals surface area contributed by atoms with E-state index in [1.807, 2.05) is 31.2 Å². The van der Waals surface area contributed by atoms with Crippen LogP contribution in [0.3, 0.4) is 0 Å². The summed E-state index contributed by atoms with van der Waals surface area (Å²) in [5.41, 5.74) is 11.2. The van der Waals surface area contributed by atoms with Gasteiger partial charge in [0.2, 0.25) is 0 Å². The molecule has 2 aliphatic rings. The summed E-state index contributed by atoms with van der Waals surface area (Å²) in [6, 6.07) is 12.6. The van der Waals surface area contributed by atoms with Crippen molar-refractivity contribution in [1.29, 1.82) is 0 Å². The third kappa shape index (κ3) is 4.39. The summed E-state index contributed by atoms with van der Waals surface area (Å²) in [7, 11) is -3.71. The van der Waals surface area contributed by atoms with E-state index >= 15 is 0 Å². The van der Waals surface area contributed by atoms with Gasteiger partial charge in [0.25, 0.3) is 5.91 Å². The summed E-state index contributed by atoms with van der Waals surface area (Å²) >= 11 is 0. The maximum absolute atomic E-state index is 13.8. The molecule has 0 saturated heterocycles.